The van der Waals surface area contributed by atoms with Crippen LogP contribution in [0.4, 0.5) is 0 Å². The SMILES string of the molecule is c1ccc(-c2cc(-c3ccc(-c4cccc5c4oc4ccccc45)cc3)c3ccc4cccc5ccc2c3c45)nc1. The number of nitrogens with zero attached hydrogens (tertiary/aromatic N) is 1. The third kappa shape index (κ3) is 3.28. The molecule has 0 atom stereocenters. The van der Waals surface area contributed by atoms with E-state index in [0.29, 0.717) is 0 Å². The summed E-state index contributed by atoms with van der Waals surface area (Å²) < 4.78 is 6.33. The van der Waals surface area contributed by atoms with Gasteiger partial charge in [0.05, 0.1) is 5.69 Å². The van der Waals surface area contributed by atoms with Crippen molar-refractivity contribution in [2.45, 2.75) is 0 Å². The standard InChI is InChI=1S/C39H23NO/c1-2-13-36-29(9-1)32-11-6-10-28(39(32)41-36)24-14-16-25(17-15-24)33-23-34(35-12-3-4-22-40-35)31-21-19-27-8-5-7-26-18-20-30(33)38(31)37(26)27/h1-23H. The van der Waals surface area contributed by atoms with E-state index in [1.165, 1.54) is 43.4 Å². The number of rotatable bonds is 3. The minimum atomic E-state index is 0.919. The van der Waals surface area contributed by atoms with Gasteiger partial charge in [-0.1, -0.05) is 109 Å². The van der Waals surface area contributed by atoms with Gasteiger partial charge in [0.25, 0.3) is 0 Å². The molecule has 0 aliphatic carbocycles. The summed E-state index contributed by atoms with van der Waals surface area (Å²) in [6.45, 7) is 0. The third-order valence-corrected chi connectivity index (χ3v) is 8.50. The molecule has 2 heteroatoms. The number of benzene rings is 7. The number of hydrogen-bond donors (Lipinski definition) is 0. The molecule has 9 rings (SSSR count). The van der Waals surface area contributed by atoms with E-state index in [4.69, 9.17) is 9.40 Å². The van der Waals surface area contributed by atoms with E-state index in [2.05, 4.69) is 115 Å². The van der Waals surface area contributed by atoms with Crippen molar-refractivity contribution in [3.05, 3.63) is 140 Å². The molecule has 0 aliphatic heterocycles. The van der Waals surface area contributed by atoms with Crippen molar-refractivity contribution in [1.82, 2.24) is 4.98 Å². The van der Waals surface area contributed by atoms with Crippen molar-refractivity contribution >= 4 is 54.3 Å². The van der Waals surface area contributed by atoms with Gasteiger partial charge in [-0.3, -0.25) is 4.98 Å². The van der Waals surface area contributed by atoms with E-state index >= 15 is 0 Å². The Kier molecular flexibility index (Phi) is 4.64. The van der Waals surface area contributed by atoms with Crippen LogP contribution in [0.5, 0.6) is 0 Å². The van der Waals surface area contributed by atoms with Crippen molar-refractivity contribution in [3.63, 3.8) is 0 Å². The fraction of sp³-hybridized carbons (Fsp3) is 0. The first-order chi connectivity index (χ1) is 20.3. The zero-order valence-corrected chi connectivity index (χ0v) is 22.1. The molecule has 0 aliphatic rings. The smallest absolute Gasteiger partial charge is 0.143 e. The van der Waals surface area contributed by atoms with Crippen molar-refractivity contribution in [2.24, 2.45) is 0 Å². The van der Waals surface area contributed by atoms with Gasteiger partial charge >= 0.3 is 0 Å². The first-order valence-corrected chi connectivity index (χ1v) is 14.0. The van der Waals surface area contributed by atoms with Crippen LogP contribution >= 0.6 is 0 Å². The van der Waals surface area contributed by atoms with Gasteiger partial charge in [0, 0.05) is 28.1 Å². The molecule has 9 aromatic rings. The van der Waals surface area contributed by atoms with Crippen LogP contribution in [0.3, 0.4) is 0 Å². The number of pyridine rings is 1. The molecule has 0 spiro atoms. The maximum atomic E-state index is 6.33. The molecule has 0 N–H and O–H groups in total. The summed E-state index contributed by atoms with van der Waals surface area (Å²) in [6.07, 6.45) is 1.88. The summed E-state index contributed by atoms with van der Waals surface area (Å²) in [5.41, 5.74) is 8.63. The van der Waals surface area contributed by atoms with Gasteiger partial charge in [-0.05, 0) is 73.3 Å². The lowest BCUT2D eigenvalue weighted by Crippen LogP contribution is -1.92. The molecular formula is C39H23NO. The van der Waals surface area contributed by atoms with Crippen LogP contribution in [0.2, 0.25) is 0 Å². The van der Waals surface area contributed by atoms with Gasteiger partial charge in [-0.25, -0.2) is 0 Å². The molecule has 190 valence electrons. The summed E-state index contributed by atoms with van der Waals surface area (Å²) in [6, 6.07) is 47.6. The number of fused-ring (bicyclic) bond motifs is 3. The van der Waals surface area contributed by atoms with Crippen molar-refractivity contribution in [2.75, 3.05) is 0 Å². The molecular weight excluding hydrogens is 498 g/mol. The second kappa shape index (κ2) is 8.51. The van der Waals surface area contributed by atoms with Crippen LogP contribution in [0.1, 0.15) is 0 Å². The van der Waals surface area contributed by atoms with Crippen LogP contribution < -0.4 is 0 Å². The highest BCUT2D eigenvalue weighted by molar-refractivity contribution is 6.28. The van der Waals surface area contributed by atoms with Gasteiger partial charge in [0.2, 0.25) is 0 Å². The van der Waals surface area contributed by atoms with E-state index in [9.17, 15) is 0 Å². The summed E-state index contributed by atoms with van der Waals surface area (Å²) in [5, 5.41) is 9.93. The summed E-state index contributed by atoms with van der Waals surface area (Å²) in [5.74, 6) is 0. The zero-order chi connectivity index (χ0) is 26.9. The Balaban J connectivity index is 1.28. The monoisotopic (exact) mass is 521 g/mol. The molecule has 2 nitrogen and oxygen atoms in total. The van der Waals surface area contributed by atoms with Crippen LogP contribution in [0.25, 0.3) is 87.8 Å². The molecule has 0 unspecified atom stereocenters. The average Bonchev–Trinajstić information content (AvgIpc) is 3.43. The fourth-order valence-electron chi connectivity index (χ4n) is 6.61. The molecule has 0 saturated heterocycles. The van der Waals surface area contributed by atoms with E-state index in [1.807, 2.05) is 24.4 Å². The van der Waals surface area contributed by atoms with Gasteiger partial charge in [0.15, 0.2) is 0 Å². The molecule has 2 heterocycles. The van der Waals surface area contributed by atoms with E-state index in [0.717, 1.165) is 44.3 Å². The van der Waals surface area contributed by atoms with Crippen molar-refractivity contribution in [1.29, 1.82) is 0 Å². The summed E-state index contributed by atoms with van der Waals surface area (Å²) >= 11 is 0. The minimum Gasteiger partial charge on any atom is -0.455 e. The molecule has 41 heavy (non-hydrogen) atoms. The molecule has 2 aromatic heterocycles. The van der Waals surface area contributed by atoms with Crippen LogP contribution in [-0.4, -0.2) is 4.98 Å². The van der Waals surface area contributed by atoms with Crippen molar-refractivity contribution in [3.8, 4) is 33.5 Å². The Morgan fingerprint density at radius 2 is 1.12 bits per heavy atom. The Hall–Kier alpha value is -5.47. The largest absolute Gasteiger partial charge is 0.455 e. The van der Waals surface area contributed by atoms with Gasteiger partial charge in [-0.2, -0.15) is 0 Å². The first kappa shape index (κ1) is 22.4. The maximum absolute atomic E-state index is 6.33. The van der Waals surface area contributed by atoms with Crippen LogP contribution in [-0.2, 0) is 0 Å². The third-order valence-electron chi connectivity index (χ3n) is 8.50. The lowest BCUT2D eigenvalue weighted by atomic mass is 9.86. The minimum absolute atomic E-state index is 0.919. The highest BCUT2D eigenvalue weighted by Gasteiger charge is 2.17. The first-order valence-electron chi connectivity index (χ1n) is 14.0. The van der Waals surface area contributed by atoms with E-state index in [-0.39, 0.29) is 0 Å². The Morgan fingerprint density at radius 3 is 1.90 bits per heavy atom. The summed E-state index contributed by atoms with van der Waals surface area (Å²) in [7, 11) is 0. The lowest BCUT2D eigenvalue weighted by molar-refractivity contribution is 0.670. The second-order valence-corrected chi connectivity index (χ2v) is 10.7. The molecule has 7 aromatic carbocycles. The normalized spacial score (nSPS) is 11.9. The molecule has 0 saturated carbocycles. The summed E-state index contributed by atoms with van der Waals surface area (Å²) in [4.78, 5) is 4.76. The van der Waals surface area contributed by atoms with Gasteiger partial charge < -0.3 is 4.42 Å². The predicted molar refractivity (Wildman–Crippen MR) is 172 cm³/mol. The highest BCUT2D eigenvalue weighted by atomic mass is 16.3. The zero-order valence-electron chi connectivity index (χ0n) is 22.1. The number of hydrogen-bond acceptors (Lipinski definition) is 2. The van der Waals surface area contributed by atoms with E-state index < -0.39 is 0 Å². The molecule has 0 bridgehead atoms. The van der Waals surface area contributed by atoms with E-state index in [1.54, 1.807) is 0 Å². The second-order valence-electron chi connectivity index (χ2n) is 10.7. The highest BCUT2D eigenvalue weighted by Crippen LogP contribution is 2.44. The average molecular weight is 522 g/mol. The van der Waals surface area contributed by atoms with Crippen LogP contribution in [0, 0.1) is 0 Å². The molecule has 0 radical (unpaired) electrons. The van der Waals surface area contributed by atoms with Gasteiger partial charge in [-0.15, -0.1) is 0 Å². The quantitative estimate of drug-likeness (QED) is 0.216. The Bertz CT molecular complexity index is 2380. The molecule has 0 amide bonds. The van der Waals surface area contributed by atoms with Crippen LogP contribution in [0.15, 0.2) is 144 Å². The topological polar surface area (TPSA) is 26.0 Å². The maximum Gasteiger partial charge on any atom is 0.143 e. The Morgan fingerprint density at radius 1 is 0.439 bits per heavy atom. The Labute approximate surface area is 236 Å². The fourth-order valence-corrected chi connectivity index (χ4v) is 6.61. The predicted octanol–water partition coefficient (Wildman–Crippen LogP) is 10.9. The lowest BCUT2D eigenvalue weighted by Gasteiger charge is -2.18. The number of para-hydroxylation sites is 2. The number of furan rings is 1. The van der Waals surface area contributed by atoms with Gasteiger partial charge in [0.1, 0.15) is 11.2 Å². The number of aromatic nitrogens is 1. The molecule has 0 fully saturated rings. The van der Waals surface area contributed by atoms with Crippen molar-refractivity contribution < 1.29 is 4.42 Å².